The molecular formula is C13H20N4S. The molecule has 18 heavy (non-hydrogen) atoms. The van der Waals surface area contributed by atoms with Gasteiger partial charge in [-0.05, 0) is 26.8 Å². The molecule has 0 radical (unpaired) electrons. The highest BCUT2D eigenvalue weighted by atomic mass is 32.1. The first-order valence-corrected chi connectivity index (χ1v) is 7.15. The standard InChI is InChI=1S/C13H20N4S/c1-4-5-14-6-12-7-15-17(8-12)9-13-16-10(2)11(3)18-13/h7-8,14H,4-6,9H2,1-3H3. The van der Waals surface area contributed by atoms with Crippen LogP contribution in [-0.2, 0) is 13.1 Å². The van der Waals surface area contributed by atoms with E-state index in [0.717, 1.165) is 36.8 Å². The largest absolute Gasteiger partial charge is 0.313 e. The maximum absolute atomic E-state index is 4.53. The minimum atomic E-state index is 0.771. The third-order valence-corrected chi connectivity index (χ3v) is 3.87. The average Bonchev–Trinajstić information content (AvgIpc) is 2.88. The zero-order valence-corrected chi connectivity index (χ0v) is 12.0. The number of hydrogen-bond acceptors (Lipinski definition) is 4. The lowest BCUT2D eigenvalue weighted by Gasteiger charge is -1.99. The van der Waals surface area contributed by atoms with Gasteiger partial charge in [-0.2, -0.15) is 5.10 Å². The first-order valence-electron chi connectivity index (χ1n) is 6.34. The Labute approximate surface area is 112 Å². The molecule has 0 spiro atoms. The Morgan fingerprint density at radius 2 is 2.22 bits per heavy atom. The van der Waals surface area contributed by atoms with Crippen LogP contribution in [0.3, 0.4) is 0 Å². The minimum Gasteiger partial charge on any atom is -0.313 e. The van der Waals surface area contributed by atoms with Gasteiger partial charge in [-0.3, -0.25) is 4.68 Å². The third-order valence-electron chi connectivity index (χ3n) is 2.81. The Morgan fingerprint density at radius 3 is 2.89 bits per heavy atom. The zero-order chi connectivity index (χ0) is 13.0. The van der Waals surface area contributed by atoms with E-state index in [0.29, 0.717) is 0 Å². The van der Waals surface area contributed by atoms with Gasteiger partial charge in [0.2, 0.25) is 0 Å². The van der Waals surface area contributed by atoms with Crippen LogP contribution in [0.15, 0.2) is 12.4 Å². The van der Waals surface area contributed by atoms with Crippen molar-refractivity contribution in [2.24, 2.45) is 0 Å². The maximum atomic E-state index is 4.53. The molecule has 2 aromatic heterocycles. The van der Waals surface area contributed by atoms with E-state index in [2.05, 4.69) is 42.4 Å². The molecule has 0 fully saturated rings. The molecule has 5 heteroatoms. The number of hydrogen-bond donors (Lipinski definition) is 1. The second-order valence-corrected chi connectivity index (χ2v) is 5.76. The lowest BCUT2D eigenvalue weighted by Crippen LogP contribution is -2.13. The van der Waals surface area contributed by atoms with Crippen molar-refractivity contribution in [2.45, 2.75) is 40.3 Å². The molecule has 0 saturated heterocycles. The SMILES string of the molecule is CCCNCc1cnn(Cc2nc(C)c(C)s2)c1. The molecule has 0 atom stereocenters. The molecular weight excluding hydrogens is 244 g/mol. The van der Waals surface area contributed by atoms with Gasteiger partial charge in [0.05, 0.1) is 18.4 Å². The van der Waals surface area contributed by atoms with Crippen LogP contribution in [0.4, 0.5) is 0 Å². The zero-order valence-electron chi connectivity index (χ0n) is 11.2. The number of aromatic nitrogens is 3. The molecule has 4 nitrogen and oxygen atoms in total. The topological polar surface area (TPSA) is 42.7 Å². The van der Waals surface area contributed by atoms with Gasteiger partial charge in [0.15, 0.2) is 0 Å². The number of aryl methyl sites for hydroxylation is 2. The Morgan fingerprint density at radius 1 is 1.39 bits per heavy atom. The first kappa shape index (κ1) is 13.2. The second kappa shape index (κ2) is 6.11. The van der Waals surface area contributed by atoms with Crippen LogP contribution in [0.2, 0.25) is 0 Å². The summed E-state index contributed by atoms with van der Waals surface area (Å²) >= 11 is 1.75. The summed E-state index contributed by atoms with van der Waals surface area (Å²) < 4.78 is 1.96. The number of nitrogens with zero attached hydrogens (tertiary/aromatic N) is 3. The molecule has 2 heterocycles. The Bertz CT molecular complexity index is 481. The highest BCUT2D eigenvalue weighted by Gasteiger charge is 2.05. The predicted molar refractivity (Wildman–Crippen MR) is 74.9 cm³/mol. The van der Waals surface area contributed by atoms with Crippen LogP contribution < -0.4 is 5.32 Å². The van der Waals surface area contributed by atoms with E-state index in [-0.39, 0.29) is 0 Å². The van der Waals surface area contributed by atoms with Gasteiger partial charge in [-0.1, -0.05) is 6.92 Å². The smallest absolute Gasteiger partial charge is 0.115 e. The molecule has 2 rings (SSSR count). The average molecular weight is 264 g/mol. The van der Waals surface area contributed by atoms with Crippen molar-refractivity contribution in [3.63, 3.8) is 0 Å². The van der Waals surface area contributed by atoms with E-state index in [1.165, 1.54) is 10.4 Å². The fraction of sp³-hybridized carbons (Fsp3) is 0.538. The maximum Gasteiger partial charge on any atom is 0.115 e. The molecule has 0 aromatic carbocycles. The van der Waals surface area contributed by atoms with Crippen molar-refractivity contribution in [3.05, 3.63) is 33.5 Å². The van der Waals surface area contributed by atoms with E-state index in [1.807, 2.05) is 10.9 Å². The molecule has 0 aliphatic rings. The van der Waals surface area contributed by atoms with Crippen LogP contribution in [0, 0.1) is 13.8 Å². The molecule has 2 aromatic rings. The van der Waals surface area contributed by atoms with Crippen LogP contribution in [0.5, 0.6) is 0 Å². The summed E-state index contributed by atoms with van der Waals surface area (Å²) in [6.45, 7) is 9.05. The molecule has 0 bridgehead atoms. The summed E-state index contributed by atoms with van der Waals surface area (Å²) in [7, 11) is 0. The van der Waals surface area contributed by atoms with Crippen LogP contribution in [-0.4, -0.2) is 21.3 Å². The van der Waals surface area contributed by atoms with E-state index in [4.69, 9.17) is 0 Å². The Balaban J connectivity index is 1.93. The van der Waals surface area contributed by atoms with Crippen molar-refractivity contribution in [3.8, 4) is 0 Å². The molecule has 0 aliphatic carbocycles. The van der Waals surface area contributed by atoms with Crippen molar-refractivity contribution < 1.29 is 0 Å². The molecule has 1 N–H and O–H groups in total. The van der Waals surface area contributed by atoms with Crippen molar-refractivity contribution in [1.82, 2.24) is 20.1 Å². The normalized spacial score (nSPS) is 11.1. The number of thiazole rings is 1. The minimum absolute atomic E-state index is 0.771. The van der Waals surface area contributed by atoms with Gasteiger partial charge in [0, 0.05) is 23.2 Å². The summed E-state index contributed by atoms with van der Waals surface area (Å²) in [5.41, 5.74) is 2.36. The van der Waals surface area contributed by atoms with Crippen molar-refractivity contribution in [1.29, 1.82) is 0 Å². The van der Waals surface area contributed by atoms with Gasteiger partial charge in [-0.25, -0.2) is 4.98 Å². The second-order valence-electron chi connectivity index (χ2n) is 4.47. The quantitative estimate of drug-likeness (QED) is 0.815. The summed E-state index contributed by atoms with van der Waals surface area (Å²) in [5.74, 6) is 0. The summed E-state index contributed by atoms with van der Waals surface area (Å²) in [6, 6.07) is 0. The van der Waals surface area contributed by atoms with E-state index in [9.17, 15) is 0 Å². The molecule has 0 saturated carbocycles. The molecule has 98 valence electrons. The van der Waals surface area contributed by atoms with Gasteiger partial charge in [0.25, 0.3) is 0 Å². The first-order chi connectivity index (χ1) is 8.69. The van der Waals surface area contributed by atoms with Crippen LogP contribution in [0.1, 0.15) is 34.5 Å². The van der Waals surface area contributed by atoms with Gasteiger partial charge >= 0.3 is 0 Å². The van der Waals surface area contributed by atoms with Gasteiger partial charge < -0.3 is 5.32 Å². The lowest BCUT2D eigenvalue weighted by atomic mass is 10.3. The fourth-order valence-corrected chi connectivity index (χ4v) is 2.67. The Hall–Kier alpha value is -1.20. The van der Waals surface area contributed by atoms with Gasteiger partial charge in [-0.15, -0.1) is 11.3 Å². The highest BCUT2D eigenvalue weighted by Crippen LogP contribution is 2.17. The monoisotopic (exact) mass is 264 g/mol. The van der Waals surface area contributed by atoms with E-state index in [1.54, 1.807) is 11.3 Å². The summed E-state index contributed by atoms with van der Waals surface area (Å²) in [4.78, 5) is 5.83. The molecule has 0 aliphatic heterocycles. The number of rotatable bonds is 6. The number of nitrogens with one attached hydrogen (secondary N) is 1. The van der Waals surface area contributed by atoms with E-state index >= 15 is 0 Å². The van der Waals surface area contributed by atoms with Crippen molar-refractivity contribution in [2.75, 3.05) is 6.54 Å². The fourth-order valence-electron chi connectivity index (χ4n) is 1.74. The molecule has 0 unspecified atom stereocenters. The van der Waals surface area contributed by atoms with E-state index < -0.39 is 0 Å². The molecule has 0 amide bonds. The Kier molecular flexibility index (Phi) is 4.49. The lowest BCUT2D eigenvalue weighted by molar-refractivity contribution is 0.667. The third kappa shape index (κ3) is 3.40. The van der Waals surface area contributed by atoms with Crippen LogP contribution in [0.25, 0.3) is 0 Å². The summed E-state index contributed by atoms with van der Waals surface area (Å²) in [6.07, 6.45) is 5.18. The predicted octanol–water partition coefficient (Wildman–Crippen LogP) is 2.50. The van der Waals surface area contributed by atoms with Crippen molar-refractivity contribution >= 4 is 11.3 Å². The highest BCUT2D eigenvalue weighted by molar-refractivity contribution is 7.11. The van der Waals surface area contributed by atoms with Gasteiger partial charge in [0.1, 0.15) is 5.01 Å². The van der Waals surface area contributed by atoms with Crippen LogP contribution >= 0.6 is 11.3 Å². The summed E-state index contributed by atoms with van der Waals surface area (Å²) in [5, 5.41) is 8.87.